The molecule has 1 fully saturated rings. The molecule has 0 aliphatic heterocycles. The fraction of sp³-hybridized carbons (Fsp3) is 0.438. The van der Waals surface area contributed by atoms with Crippen LogP contribution >= 0.6 is 0 Å². The first-order chi connectivity index (χ1) is 10.9. The van der Waals surface area contributed by atoms with Gasteiger partial charge >= 0.3 is 6.18 Å². The fourth-order valence-corrected chi connectivity index (χ4v) is 2.66. The number of aromatic nitrogens is 2. The van der Waals surface area contributed by atoms with Gasteiger partial charge in [-0.05, 0) is 31.4 Å². The SMILES string of the molecule is Fc1cccc(C(F)(F)F)c1CNCc1cnn(C2CCC2)c1. The lowest BCUT2D eigenvalue weighted by atomic mass is 9.93. The highest BCUT2D eigenvalue weighted by Gasteiger charge is 2.34. The number of alkyl halides is 3. The van der Waals surface area contributed by atoms with Gasteiger partial charge in [-0.2, -0.15) is 18.3 Å². The van der Waals surface area contributed by atoms with Crippen LogP contribution in [-0.4, -0.2) is 9.78 Å². The second-order valence-corrected chi connectivity index (χ2v) is 5.78. The quantitative estimate of drug-likeness (QED) is 0.840. The van der Waals surface area contributed by atoms with Crippen LogP contribution in [0.2, 0.25) is 0 Å². The summed E-state index contributed by atoms with van der Waals surface area (Å²) in [7, 11) is 0. The summed E-state index contributed by atoms with van der Waals surface area (Å²) >= 11 is 0. The van der Waals surface area contributed by atoms with Gasteiger partial charge in [0.05, 0.1) is 17.8 Å². The lowest BCUT2D eigenvalue weighted by molar-refractivity contribution is -0.138. The van der Waals surface area contributed by atoms with Crippen molar-refractivity contribution in [3.05, 3.63) is 53.1 Å². The number of rotatable bonds is 5. The standard InChI is InChI=1S/C16H17F4N3/c17-15-6-2-5-14(16(18,19)20)13(15)9-21-7-11-8-22-23(10-11)12-3-1-4-12/h2,5-6,8,10,12,21H,1,3-4,7,9H2. The summed E-state index contributed by atoms with van der Waals surface area (Å²) in [5, 5.41) is 7.13. The Hall–Kier alpha value is -1.89. The molecular formula is C16H17F4N3. The van der Waals surface area contributed by atoms with E-state index in [-0.39, 0.29) is 12.1 Å². The Kier molecular flexibility index (Phi) is 4.39. The average Bonchev–Trinajstić information content (AvgIpc) is 2.85. The van der Waals surface area contributed by atoms with Gasteiger partial charge in [-0.15, -0.1) is 0 Å². The molecule has 1 aliphatic carbocycles. The van der Waals surface area contributed by atoms with Crippen LogP contribution in [0.1, 0.15) is 42.0 Å². The van der Waals surface area contributed by atoms with Gasteiger partial charge in [-0.25, -0.2) is 4.39 Å². The van der Waals surface area contributed by atoms with Gasteiger partial charge in [0.2, 0.25) is 0 Å². The number of hydrogen-bond donors (Lipinski definition) is 1. The summed E-state index contributed by atoms with van der Waals surface area (Å²) in [5.74, 6) is -0.850. The highest BCUT2D eigenvalue weighted by Crippen LogP contribution is 2.33. The first-order valence-electron chi connectivity index (χ1n) is 7.53. The number of halogens is 4. The van der Waals surface area contributed by atoms with E-state index in [0.29, 0.717) is 12.6 Å². The molecule has 0 unspecified atom stereocenters. The molecule has 0 amide bonds. The van der Waals surface area contributed by atoms with E-state index < -0.39 is 17.6 Å². The Bertz CT molecular complexity index is 674. The lowest BCUT2D eigenvalue weighted by Crippen LogP contribution is -2.19. The van der Waals surface area contributed by atoms with Crippen LogP contribution in [0.4, 0.5) is 17.6 Å². The predicted octanol–water partition coefficient (Wildman–Crippen LogP) is 4.06. The van der Waals surface area contributed by atoms with Crippen LogP contribution in [0.15, 0.2) is 30.6 Å². The fourth-order valence-electron chi connectivity index (χ4n) is 2.66. The van der Waals surface area contributed by atoms with Crippen molar-refractivity contribution >= 4 is 0 Å². The molecule has 1 N–H and O–H groups in total. The molecule has 1 heterocycles. The van der Waals surface area contributed by atoms with E-state index >= 15 is 0 Å². The molecule has 2 aromatic rings. The first-order valence-corrected chi connectivity index (χ1v) is 7.53. The van der Waals surface area contributed by atoms with E-state index in [9.17, 15) is 17.6 Å². The van der Waals surface area contributed by atoms with E-state index in [0.717, 1.165) is 36.6 Å². The van der Waals surface area contributed by atoms with Crippen LogP contribution < -0.4 is 5.32 Å². The van der Waals surface area contributed by atoms with Gasteiger partial charge in [0.1, 0.15) is 5.82 Å². The van der Waals surface area contributed by atoms with E-state index in [2.05, 4.69) is 10.4 Å². The maximum absolute atomic E-state index is 13.7. The number of hydrogen-bond acceptors (Lipinski definition) is 2. The third-order valence-electron chi connectivity index (χ3n) is 4.16. The van der Waals surface area contributed by atoms with Crippen LogP contribution in [0, 0.1) is 5.82 Å². The minimum Gasteiger partial charge on any atom is -0.308 e. The summed E-state index contributed by atoms with van der Waals surface area (Å²) < 4.78 is 54.3. The molecule has 23 heavy (non-hydrogen) atoms. The Balaban J connectivity index is 1.63. The summed E-state index contributed by atoms with van der Waals surface area (Å²) in [6.07, 6.45) is 2.44. The van der Waals surface area contributed by atoms with E-state index in [1.165, 1.54) is 6.42 Å². The van der Waals surface area contributed by atoms with Crippen LogP contribution in [-0.2, 0) is 19.3 Å². The van der Waals surface area contributed by atoms with Crippen molar-refractivity contribution in [3.8, 4) is 0 Å². The van der Waals surface area contributed by atoms with Crippen molar-refractivity contribution in [2.45, 2.75) is 44.6 Å². The van der Waals surface area contributed by atoms with E-state index in [4.69, 9.17) is 0 Å². The van der Waals surface area contributed by atoms with E-state index in [1.54, 1.807) is 6.20 Å². The zero-order chi connectivity index (χ0) is 16.4. The zero-order valence-electron chi connectivity index (χ0n) is 12.4. The summed E-state index contributed by atoms with van der Waals surface area (Å²) in [5.41, 5.74) is -0.414. The predicted molar refractivity (Wildman–Crippen MR) is 77.1 cm³/mol. The third-order valence-corrected chi connectivity index (χ3v) is 4.16. The molecule has 0 spiro atoms. The van der Waals surface area contributed by atoms with Crippen molar-refractivity contribution in [3.63, 3.8) is 0 Å². The van der Waals surface area contributed by atoms with Gasteiger partial charge < -0.3 is 5.32 Å². The van der Waals surface area contributed by atoms with Gasteiger partial charge in [0.25, 0.3) is 0 Å². The highest BCUT2D eigenvalue weighted by molar-refractivity contribution is 5.31. The average molecular weight is 327 g/mol. The van der Waals surface area contributed by atoms with Crippen molar-refractivity contribution in [2.24, 2.45) is 0 Å². The zero-order valence-corrected chi connectivity index (χ0v) is 12.4. The Morgan fingerprint density at radius 1 is 1.22 bits per heavy atom. The van der Waals surface area contributed by atoms with Crippen molar-refractivity contribution in [1.29, 1.82) is 0 Å². The van der Waals surface area contributed by atoms with E-state index in [1.807, 2.05) is 10.9 Å². The topological polar surface area (TPSA) is 29.9 Å². The van der Waals surface area contributed by atoms with Crippen molar-refractivity contribution < 1.29 is 17.6 Å². The molecule has 3 rings (SSSR count). The van der Waals surface area contributed by atoms with Crippen LogP contribution in [0.25, 0.3) is 0 Å². The summed E-state index contributed by atoms with van der Waals surface area (Å²) in [6.45, 7) is 0.161. The van der Waals surface area contributed by atoms with Crippen molar-refractivity contribution in [2.75, 3.05) is 0 Å². The normalized spacial score (nSPS) is 15.7. The largest absolute Gasteiger partial charge is 0.416 e. The molecular weight excluding hydrogens is 310 g/mol. The second-order valence-electron chi connectivity index (χ2n) is 5.78. The molecule has 1 aliphatic rings. The Morgan fingerprint density at radius 3 is 2.65 bits per heavy atom. The molecule has 1 saturated carbocycles. The minimum atomic E-state index is -4.56. The molecule has 0 atom stereocenters. The van der Waals surface area contributed by atoms with Gasteiger partial charge in [-0.3, -0.25) is 4.68 Å². The maximum atomic E-state index is 13.7. The molecule has 0 bridgehead atoms. The monoisotopic (exact) mass is 327 g/mol. The first kappa shape index (κ1) is 16.0. The molecule has 0 radical (unpaired) electrons. The smallest absolute Gasteiger partial charge is 0.308 e. The maximum Gasteiger partial charge on any atom is 0.416 e. The van der Waals surface area contributed by atoms with Gasteiger partial charge in [0, 0.05) is 30.4 Å². The molecule has 1 aromatic carbocycles. The molecule has 124 valence electrons. The molecule has 7 heteroatoms. The molecule has 3 nitrogen and oxygen atoms in total. The summed E-state index contributed by atoms with van der Waals surface area (Å²) in [4.78, 5) is 0. The Morgan fingerprint density at radius 2 is 2.00 bits per heavy atom. The molecule has 0 saturated heterocycles. The number of nitrogens with zero attached hydrogens (tertiary/aromatic N) is 2. The highest BCUT2D eigenvalue weighted by atomic mass is 19.4. The van der Waals surface area contributed by atoms with Crippen LogP contribution in [0.5, 0.6) is 0 Å². The van der Waals surface area contributed by atoms with Crippen LogP contribution in [0.3, 0.4) is 0 Å². The summed E-state index contributed by atoms with van der Waals surface area (Å²) in [6, 6.07) is 3.45. The molecule has 1 aromatic heterocycles. The van der Waals surface area contributed by atoms with Crippen molar-refractivity contribution in [1.82, 2.24) is 15.1 Å². The second kappa shape index (κ2) is 6.31. The number of nitrogens with one attached hydrogen (secondary N) is 1. The lowest BCUT2D eigenvalue weighted by Gasteiger charge is -2.25. The third kappa shape index (κ3) is 3.55. The van der Waals surface area contributed by atoms with Gasteiger partial charge in [0.15, 0.2) is 0 Å². The number of benzene rings is 1. The Labute approximate surface area is 131 Å². The van der Waals surface area contributed by atoms with Gasteiger partial charge in [-0.1, -0.05) is 6.07 Å². The minimum absolute atomic E-state index is 0.184.